The number of nitrogens with zero attached hydrogens (tertiary/aromatic N) is 1. The molecule has 1 heterocycles. The van der Waals surface area contributed by atoms with Crippen LogP contribution in [0.25, 0.3) is 0 Å². The Bertz CT molecular complexity index is 1120. The normalized spacial score (nSPS) is 23.1. The number of nitrogens with one attached hydrogen (secondary N) is 1. The highest BCUT2D eigenvalue weighted by Gasteiger charge is 2.47. The summed E-state index contributed by atoms with van der Waals surface area (Å²) in [6.07, 6.45) is 0.623. The van der Waals surface area contributed by atoms with Crippen LogP contribution in [0, 0.1) is 28.9 Å². The molecule has 34 heavy (non-hydrogen) atoms. The molecular weight excluding hydrogens is 440 g/mol. The number of benzene rings is 1. The summed E-state index contributed by atoms with van der Waals surface area (Å²) < 4.78 is 10.5. The van der Waals surface area contributed by atoms with Crippen LogP contribution in [0.1, 0.15) is 57.6 Å². The van der Waals surface area contributed by atoms with Crippen molar-refractivity contribution >= 4 is 23.4 Å². The third-order valence-corrected chi connectivity index (χ3v) is 6.61. The van der Waals surface area contributed by atoms with Gasteiger partial charge in [-0.15, -0.1) is 0 Å². The molecule has 1 aliphatic heterocycles. The van der Waals surface area contributed by atoms with Gasteiger partial charge in [-0.25, -0.2) is 4.79 Å². The first kappa shape index (κ1) is 25.1. The molecule has 0 unspecified atom stereocenters. The van der Waals surface area contributed by atoms with Crippen LogP contribution in [-0.2, 0) is 23.9 Å². The van der Waals surface area contributed by atoms with Crippen molar-refractivity contribution in [2.24, 2.45) is 11.8 Å². The Morgan fingerprint density at radius 1 is 1.29 bits per heavy atom. The molecule has 2 aliphatic rings. The van der Waals surface area contributed by atoms with E-state index >= 15 is 0 Å². The molecule has 0 radical (unpaired) electrons. The summed E-state index contributed by atoms with van der Waals surface area (Å²) in [4.78, 5) is 50.6. The maximum absolute atomic E-state index is 13.7. The van der Waals surface area contributed by atoms with Crippen molar-refractivity contribution in [2.45, 2.75) is 59.5 Å². The van der Waals surface area contributed by atoms with Gasteiger partial charge in [-0.05, 0) is 45.1 Å². The molecule has 4 atom stereocenters. The molecule has 9 heteroatoms. The zero-order valence-corrected chi connectivity index (χ0v) is 20.3. The third kappa shape index (κ3) is 4.47. The Balaban J connectivity index is 2.23. The van der Waals surface area contributed by atoms with Gasteiger partial charge in [0.1, 0.15) is 5.92 Å². The maximum atomic E-state index is 13.7. The molecular formula is C25H30N2O7. The quantitative estimate of drug-likeness (QED) is 0.288. The topological polar surface area (TPSA) is 125 Å². The molecule has 9 nitrogen and oxygen atoms in total. The van der Waals surface area contributed by atoms with E-state index in [4.69, 9.17) is 9.47 Å². The summed E-state index contributed by atoms with van der Waals surface area (Å²) in [5.41, 5.74) is 2.30. The molecule has 1 aromatic rings. The van der Waals surface area contributed by atoms with Crippen LogP contribution >= 0.6 is 0 Å². The minimum atomic E-state index is -1.03. The number of nitro benzene ring substituents is 1. The second kappa shape index (κ2) is 9.79. The Morgan fingerprint density at radius 2 is 1.97 bits per heavy atom. The third-order valence-electron chi connectivity index (χ3n) is 6.61. The molecule has 0 saturated carbocycles. The van der Waals surface area contributed by atoms with Gasteiger partial charge in [0.2, 0.25) is 0 Å². The summed E-state index contributed by atoms with van der Waals surface area (Å²) in [7, 11) is 1.23. The molecule has 1 N–H and O–H groups in total. The fraction of sp³-hybridized carbons (Fsp3) is 0.480. The lowest BCUT2D eigenvalue weighted by molar-refractivity contribution is -0.385. The Labute approximate surface area is 198 Å². The molecule has 182 valence electrons. The summed E-state index contributed by atoms with van der Waals surface area (Å²) in [5, 5.41) is 14.8. The standard InChI is InChI=1S/C25H30N2O7/c1-7-14(4)34-25(30)20-15(5)26-17-10-13(3)19(24(29)33-6)23(28)22(17)21(20)16-9-8-12(2)18(11-16)27(31)32/h8-9,11,13-14,19,21,26H,7,10H2,1-6H3/t13-,14-,19-,21-/m1/s1. The number of ketones is 1. The number of allylic oxidation sites excluding steroid dienone is 3. The number of carbonyl (C=O) groups is 3. The van der Waals surface area contributed by atoms with Gasteiger partial charge in [-0.1, -0.05) is 26.0 Å². The number of carbonyl (C=O) groups excluding carboxylic acids is 3. The van der Waals surface area contributed by atoms with Crippen molar-refractivity contribution in [3.63, 3.8) is 0 Å². The van der Waals surface area contributed by atoms with E-state index in [0.29, 0.717) is 35.4 Å². The second-order valence-corrected chi connectivity index (χ2v) is 8.96. The lowest BCUT2D eigenvalue weighted by Gasteiger charge is -2.38. The first-order valence-electron chi connectivity index (χ1n) is 11.3. The van der Waals surface area contributed by atoms with Gasteiger partial charge < -0.3 is 14.8 Å². The average Bonchev–Trinajstić information content (AvgIpc) is 2.77. The molecule has 3 rings (SSSR count). The number of esters is 2. The van der Waals surface area contributed by atoms with E-state index in [0.717, 1.165) is 0 Å². The van der Waals surface area contributed by atoms with Crippen LogP contribution in [-0.4, -0.2) is 35.9 Å². The van der Waals surface area contributed by atoms with Gasteiger partial charge in [-0.3, -0.25) is 19.7 Å². The second-order valence-electron chi connectivity index (χ2n) is 8.96. The number of nitro groups is 1. The number of ether oxygens (including phenoxy) is 2. The summed E-state index contributed by atoms with van der Waals surface area (Å²) in [6, 6.07) is 4.65. The monoisotopic (exact) mass is 470 g/mol. The number of aryl methyl sites for hydroxylation is 1. The summed E-state index contributed by atoms with van der Waals surface area (Å²) in [6.45, 7) is 8.78. The van der Waals surface area contributed by atoms with Crippen molar-refractivity contribution in [1.82, 2.24) is 5.32 Å². The largest absolute Gasteiger partial charge is 0.468 e. The fourth-order valence-corrected chi connectivity index (χ4v) is 4.62. The molecule has 0 aromatic heterocycles. The first-order valence-corrected chi connectivity index (χ1v) is 11.3. The van der Waals surface area contributed by atoms with Gasteiger partial charge in [0.05, 0.1) is 23.7 Å². The van der Waals surface area contributed by atoms with E-state index in [2.05, 4.69) is 5.32 Å². The molecule has 0 fully saturated rings. The zero-order valence-electron chi connectivity index (χ0n) is 20.3. The van der Waals surface area contributed by atoms with E-state index in [1.54, 1.807) is 39.8 Å². The van der Waals surface area contributed by atoms with E-state index in [-0.39, 0.29) is 28.9 Å². The van der Waals surface area contributed by atoms with Gasteiger partial charge in [0, 0.05) is 34.5 Å². The Hall–Kier alpha value is -3.49. The van der Waals surface area contributed by atoms with Crippen LogP contribution < -0.4 is 5.32 Å². The number of dihydropyridines is 1. The minimum absolute atomic E-state index is 0.119. The van der Waals surface area contributed by atoms with Crippen molar-refractivity contribution in [3.8, 4) is 0 Å². The molecule has 1 aliphatic carbocycles. The summed E-state index contributed by atoms with van der Waals surface area (Å²) >= 11 is 0. The van der Waals surface area contributed by atoms with Crippen molar-refractivity contribution in [3.05, 3.63) is 62.0 Å². The SMILES string of the molecule is CC[C@@H](C)OC(=O)C1=C(C)NC2=C(C(=O)[C@H](C(=O)OC)[C@H](C)C2)[C@@H]1c1ccc(C)c([N+](=O)[O-])c1. The average molecular weight is 471 g/mol. The van der Waals surface area contributed by atoms with E-state index in [9.17, 15) is 24.5 Å². The highest BCUT2D eigenvalue weighted by Crippen LogP contribution is 2.46. The highest BCUT2D eigenvalue weighted by molar-refractivity contribution is 6.12. The van der Waals surface area contributed by atoms with Gasteiger partial charge in [-0.2, -0.15) is 0 Å². The lowest BCUT2D eigenvalue weighted by atomic mass is 9.69. The van der Waals surface area contributed by atoms with Crippen LogP contribution in [0.15, 0.2) is 40.7 Å². The molecule has 0 bridgehead atoms. The van der Waals surface area contributed by atoms with Crippen molar-refractivity contribution < 1.29 is 28.8 Å². The number of hydrogen-bond acceptors (Lipinski definition) is 8. The Kier molecular flexibility index (Phi) is 7.24. The van der Waals surface area contributed by atoms with E-state index < -0.39 is 34.5 Å². The van der Waals surface area contributed by atoms with Crippen LogP contribution in [0.4, 0.5) is 5.69 Å². The predicted octanol–water partition coefficient (Wildman–Crippen LogP) is 3.86. The Morgan fingerprint density at radius 3 is 2.56 bits per heavy atom. The molecule has 0 amide bonds. The first-order chi connectivity index (χ1) is 16.0. The van der Waals surface area contributed by atoms with E-state index in [1.807, 2.05) is 6.92 Å². The van der Waals surface area contributed by atoms with Gasteiger partial charge in [0.25, 0.3) is 5.69 Å². The lowest BCUT2D eigenvalue weighted by Crippen LogP contribution is -2.43. The number of Topliss-reactive ketones (excluding diaryl/α,β-unsaturated/α-hetero) is 1. The molecule has 0 spiro atoms. The maximum Gasteiger partial charge on any atom is 0.337 e. The molecule has 1 aromatic carbocycles. The van der Waals surface area contributed by atoms with Crippen LogP contribution in [0.5, 0.6) is 0 Å². The minimum Gasteiger partial charge on any atom is -0.468 e. The smallest absolute Gasteiger partial charge is 0.337 e. The van der Waals surface area contributed by atoms with Gasteiger partial charge in [0.15, 0.2) is 5.78 Å². The highest BCUT2D eigenvalue weighted by atomic mass is 16.6. The zero-order chi connectivity index (χ0) is 25.3. The van der Waals surface area contributed by atoms with Gasteiger partial charge >= 0.3 is 11.9 Å². The van der Waals surface area contributed by atoms with Crippen molar-refractivity contribution in [1.29, 1.82) is 0 Å². The number of methoxy groups -OCH3 is 1. The molecule has 0 saturated heterocycles. The predicted molar refractivity (Wildman–Crippen MR) is 124 cm³/mol. The van der Waals surface area contributed by atoms with Crippen molar-refractivity contribution in [2.75, 3.05) is 7.11 Å². The number of rotatable bonds is 6. The fourth-order valence-electron chi connectivity index (χ4n) is 4.62. The summed E-state index contributed by atoms with van der Waals surface area (Å²) in [5.74, 6) is -3.98. The number of hydrogen-bond donors (Lipinski definition) is 1. The van der Waals surface area contributed by atoms with Crippen LogP contribution in [0.2, 0.25) is 0 Å². The van der Waals surface area contributed by atoms with Crippen LogP contribution in [0.3, 0.4) is 0 Å². The van der Waals surface area contributed by atoms with E-state index in [1.165, 1.54) is 13.2 Å².